The van der Waals surface area contributed by atoms with E-state index in [0.29, 0.717) is 6.42 Å². The third-order valence-electron chi connectivity index (χ3n) is 2.85. The molecule has 0 aliphatic carbocycles. The van der Waals surface area contributed by atoms with E-state index >= 15 is 0 Å². The highest BCUT2D eigenvalue weighted by Gasteiger charge is 2.21. The molecule has 22 heavy (non-hydrogen) atoms. The minimum atomic E-state index is -1.03. The number of carbonyl (C=O) groups excluding carboxylic acids is 2. The zero-order valence-corrected chi connectivity index (χ0v) is 13.4. The first-order valence-corrected chi connectivity index (χ1v) is 7.55. The van der Waals surface area contributed by atoms with E-state index < -0.39 is 30.2 Å². The van der Waals surface area contributed by atoms with Crippen LogP contribution in [0.3, 0.4) is 0 Å². The lowest BCUT2D eigenvalue weighted by Gasteiger charge is -2.16. The van der Waals surface area contributed by atoms with Crippen LogP contribution in [0.1, 0.15) is 24.3 Å². The van der Waals surface area contributed by atoms with Gasteiger partial charge in [0.1, 0.15) is 0 Å². The van der Waals surface area contributed by atoms with Crippen LogP contribution in [0.25, 0.3) is 0 Å². The molecule has 0 unspecified atom stereocenters. The number of ether oxygens (including phenoxy) is 2. The van der Waals surface area contributed by atoms with Crippen molar-refractivity contribution in [1.82, 2.24) is 5.32 Å². The zero-order valence-electron chi connectivity index (χ0n) is 12.6. The molecular weight excluding hydrogens is 310 g/mol. The smallest absolute Gasteiger partial charge is 0.410 e. The van der Waals surface area contributed by atoms with Crippen molar-refractivity contribution in [2.75, 3.05) is 6.54 Å². The molecule has 2 atom stereocenters. The van der Waals surface area contributed by atoms with E-state index in [4.69, 9.17) is 4.74 Å². The molecule has 122 valence electrons. The second kappa shape index (κ2) is 8.38. The molecule has 1 aromatic heterocycles. The van der Waals surface area contributed by atoms with Crippen molar-refractivity contribution in [3.63, 3.8) is 0 Å². The molecule has 1 heterocycles. The van der Waals surface area contributed by atoms with Crippen molar-refractivity contribution < 1.29 is 29.0 Å². The summed E-state index contributed by atoms with van der Waals surface area (Å²) in [5.74, 6) is -2.33. The predicted octanol–water partition coefficient (Wildman–Crippen LogP) is 1.94. The Morgan fingerprint density at radius 2 is 2.05 bits per heavy atom. The number of aryl methyl sites for hydroxylation is 1. The molecule has 0 radical (unpaired) electrons. The Labute approximate surface area is 132 Å². The van der Waals surface area contributed by atoms with Crippen LogP contribution in [0.15, 0.2) is 11.4 Å². The number of hydrogen-bond acceptors (Lipinski definition) is 6. The number of alkyl carbamates (subject to hydrolysis) is 1. The highest BCUT2D eigenvalue weighted by molar-refractivity contribution is 7.10. The highest BCUT2D eigenvalue weighted by Crippen LogP contribution is 2.19. The Kier molecular flexibility index (Phi) is 6.84. The van der Waals surface area contributed by atoms with Gasteiger partial charge in [-0.3, -0.25) is 9.59 Å². The summed E-state index contributed by atoms with van der Waals surface area (Å²) >= 11 is 1.48. The number of hydrogen-bond donors (Lipinski definition) is 2. The van der Waals surface area contributed by atoms with Gasteiger partial charge in [0.15, 0.2) is 0 Å². The van der Waals surface area contributed by atoms with Crippen molar-refractivity contribution in [3.8, 4) is 0 Å². The Bertz CT molecular complexity index is 541. The monoisotopic (exact) mass is 329 g/mol. The first kappa shape index (κ1) is 18.0. The fourth-order valence-corrected chi connectivity index (χ4v) is 2.73. The van der Waals surface area contributed by atoms with Crippen molar-refractivity contribution in [1.29, 1.82) is 0 Å². The third kappa shape index (κ3) is 6.13. The average molecular weight is 329 g/mol. The molecule has 1 aromatic rings. The second-order valence-electron chi connectivity index (χ2n) is 4.73. The number of carbonyl (C=O) groups is 3. The molecule has 0 aromatic carbocycles. The number of carboxylic acids is 1. The first-order chi connectivity index (χ1) is 10.3. The lowest BCUT2D eigenvalue weighted by molar-refractivity contribution is -0.162. The lowest BCUT2D eigenvalue weighted by atomic mass is 10.0. The van der Waals surface area contributed by atoms with E-state index in [0.717, 1.165) is 10.4 Å². The molecule has 0 saturated heterocycles. The van der Waals surface area contributed by atoms with E-state index in [-0.39, 0.29) is 6.54 Å². The van der Waals surface area contributed by atoms with E-state index in [2.05, 4.69) is 10.1 Å². The molecular formula is C14H19NO6S. The van der Waals surface area contributed by atoms with Crippen molar-refractivity contribution in [2.24, 2.45) is 5.92 Å². The topological polar surface area (TPSA) is 102 Å². The molecule has 0 aliphatic rings. The molecule has 7 nitrogen and oxygen atoms in total. The van der Waals surface area contributed by atoms with Crippen LogP contribution in [0.4, 0.5) is 4.79 Å². The van der Waals surface area contributed by atoms with Crippen molar-refractivity contribution in [3.05, 3.63) is 21.9 Å². The second-order valence-corrected chi connectivity index (χ2v) is 5.73. The van der Waals surface area contributed by atoms with Gasteiger partial charge in [0.2, 0.25) is 6.29 Å². The summed E-state index contributed by atoms with van der Waals surface area (Å²) in [4.78, 5) is 34.4. The Hall–Kier alpha value is -2.09. The Morgan fingerprint density at radius 3 is 2.55 bits per heavy atom. The summed E-state index contributed by atoms with van der Waals surface area (Å²) in [6, 6.07) is 1.92. The van der Waals surface area contributed by atoms with Crippen LogP contribution >= 0.6 is 11.3 Å². The van der Waals surface area contributed by atoms with Gasteiger partial charge in [-0.25, -0.2) is 4.79 Å². The first-order valence-electron chi connectivity index (χ1n) is 6.67. The molecule has 0 spiro atoms. The van der Waals surface area contributed by atoms with Crippen LogP contribution in [-0.2, 0) is 25.5 Å². The molecule has 1 amide bonds. The lowest BCUT2D eigenvalue weighted by Crippen LogP contribution is -2.36. The number of thiophene rings is 1. The maximum absolute atomic E-state index is 11.5. The normalized spacial score (nSPS) is 13.0. The summed E-state index contributed by atoms with van der Waals surface area (Å²) in [5, 5.41) is 13.5. The van der Waals surface area contributed by atoms with E-state index in [1.54, 1.807) is 0 Å². The number of esters is 1. The predicted molar refractivity (Wildman–Crippen MR) is 79.6 cm³/mol. The number of carboxylic acid groups (broad SMARTS) is 1. The van der Waals surface area contributed by atoms with Crippen LogP contribution in [0, 0.1) is 12.8 Å². The van der Waals surface area contributed by atoms with Gasteiger partial charge in [0, 0.05) is 25.3 Å². The third-order valence-corrected chi connectivity index (χ3v) is 3.89. The fraction of sp³-hybridized carbons (Fsp3) is 0.500. The maximum Gasteiger partial charge on any atom is 0.410 e. The zero-order chi connectivity index (χ0) is 16.7. The van der Waals surface area contributed by atoms with Crippen LogP contribution in [0.2, 0.25) is 0 Å². The van der Waals surface area contributed by atoms with Gasteiger partial charge in [-0.05, 0) is 30.4 Å². The SMILES string of the molecule is CC(=O)O[C@H](C)OC(=O)NC[C@H](Cc1sccc1C)C(=O)O. The minimum absolute atomic E-state index is 0.0711. The molecule has 0 bridgehead atoms. The van der Waals surface area contributed by atoms with E-state index in [1.165, 1.54) is 25.2 Å². The maximum atomic E-state index is 11.5. The summed E-state index contributed by atoms with van der Waals surface area (Å²) in [6.07, 6.45) is -1.53. The molecule has 2 N–H and O–H groups in total. The van der Waals surface area contributed by atoms with Crippen molar-refractivity contribution in [2.45, 2.75) is 33.5 Å². The Balaban J connectivity index is 2.47. The van der Waals surface area contributed by atoms with Gasteiger partial charge in [-0.2, -0.15) is 0 Å². The van der Waals surface area contributed by atoms with Gasteiger partial charge in [-0.1, -0.05) is 0 Å². The van der Waals surface area contributed by atoms with Gasteiger partial charge in [0.05, 0.1) is 5.92 Å². The molecule has 0 fully saturated rings. The number of aliphatic carboxylic acids is 1. The van der Waals surface area contributed by atoms with E-state index in [1.807, 2.05) is 18.4 Å². The molecule has 1 rings (SSSR count). The largest absolute Gasteiger partial charge is 0.481 e. The van der Waals surface area contributed by atoms with Gasteiger partial charge in [0.25, 0.3) is 0 Å². The van der Waals surface area contributed by atoms with Gasteiger partial charge >= 0.3 is 18.0 Å². The summed E-state index contributed by atoms with van der Waals surface area (Å²) in [7, 11) is 0. The minimum Gasteiger partial charge on any atom is -0.481 e. The van der Waals surface area contributed by atoms with Crippen LogP contribution in [0.5, 0.6) is 0 Å². The quantitative estimate of drug-likeness (QED) is 0.585. The average Bonchev–Trinajstić information content (AvgIpc) is 2.78. The van der Waals surface area contributed by atoms with Crippen LogP contribution in [-0.4, -0.2) is 36.0 Å². The van der Waals surface area contributed by atoms with Gasteiger partial charge in [-0.15, -0.1) is 11.3 Å². The van der Waals surface area contributed by atoms with Crippen LogP contribution < -0.4 is 5.32 Å². The standard InChI is InChI=1S/C14H19NO6S/c1-8-4-5-22-12(8)6-11(13(17)18)7-15-14(19)21-10(3)20-9(2)16/h4-5,10-11H,6-7H2,1-3H3,(H,15,19)(H,17,18)/t10-,11-/m0/s1. The van der Waals surface area contributed by atoms with Gasteiger partial charge < -0.3 is 19.9 Å². The molecule has 8 heteroatoms. The molecule has 0 saturated carbocycles. The van der Waals surface area contributed by atoms with E-state index in [9.17, 15) is 19.5 Å². The highest BCUT2D eigenvalue weighted by atomic mass is 32.1. The fourth-order valence-electron chi connectivity index (χ4n) is 1.74. The molecule has 0 aliphatic heterocycles. The van der Waals surface area contributed by atoms with Crippen molar-refractivity contribution >= 4 is 29.4 Å². The number of nitrogens with one attached hydrogen (secondary N) is 1. The summed E-state index contributed by atoms with van der Waals surface area (Å²) in [6.45, 7) is 4.43. The summed E-state index contributed by atoms with van der Waals surface area (Å²) in [5.41, 5.74) is 1.03. The number of amides is 1. The number of rotatable bonds is 7. The summed E-state index contributed by atoms with van der Waals surface area (Å²) < 4.78 is 9.41. The Morgan fingerprint density at radius 1 is 1.36 bits per heavy atom.